The molecule has 2 fully saturated rings. The van der Waals surface area contributed by atoms with Crippen LogP contribution in [-0.4, -0.2) is 99.4 Å². The Morgan fingerprint density at radius 2 is 1.88 bits per heavy atom. The molecular formula is C27H30N4O9. The second-order valence-corrected chi connectivity index (χ2v) is 9.51. The molecule has 0 radical (unpaired) electrons. The van der Waals surface area contributed by atoms with Crippen molar-refractivity contribution in [2.75, 3.05) is 53.6 Å². The summed E-state index contributed by atoms with van der Waals surface area (Å²) >= 11 is 0. The van der Waals surface area contributed by atoms with E-state index >= 15 is 0 Å². The average Bonchev–Trinajstić information content (AvgIpc) is 3.55. The van der Waals surface area contributed by atoms with Gasteiger partial charge in [0.15, 0.2) is 6.61 Å². The van der Waals surface area contributed by atoms with Gasteiger partial charge in [-0.25, -0.2) is 4.79 Å². The van der Waals surface area contributed by atoms with Crippen LogP contribution in [0.1, 0.15) is 15.9 Å². The summed E-state index contributed by atoms with van der Waals surface area (Å²) in [7, 11) is 2.97. The molecule has 2 N–H and O–H groups in total. The van der Waals surface area contributed by atoms with Crippen molar-refractivity contribution >= 4 is 23.8 Å². The number of carbonyl (C=O) groups excluding carboxylic acids is 4. The minimum atomic E-state index is -0.606. The lowest BCUT2D eigenvalue weighted by atomic mass is 10.1. The molecule has 6 rings (SSSR count). The van der Waals surface area contributed by atoms with Crippen LogP contribution in [0.2, 0.25) is 0 Å². The van der Waals surface area contributed by atoms with Gasteiger partial charge in [-0.2, -0.15) is 0 Å². The van der Waals surface area contributed by atoms with Crippen molar-refractivity contribution in [2.24, 2.45) is 0 Å². The first-order valence-electron chi connectivity index (χ1n) is 12.8. The summed E-state index contributed by atoms with van der Waals surface area (Å²) in [5.74, 6) is 0.523. The number of nitrogens with zero attached hydrogens (tertiary/aromatic N) is 2. The third-order valence-corrected chi connectivity index (χ3v) is 6.88. The highest BCUT2D eigenvalue weighted by atomic mass is 16.6. The normalized spacial score (nSPS) is 20.9. The summed E-state index contributed by atoms with van der Waals surface area (Å²) in [4.78, 5) is 53.6. The zero-order valence-electron chi connectivity index (χ0n) is 22.1. The maximum Gasteiger partial charge on any atom is 0.410 e. The number of fused-ring (bicyclic) bond motifs is 7. The Labute approximate surface area is 230 Å². The van der Waals surface area contributed by atoms with Crippen LogP contribution in [0.15, 0.2) is 36.4 Å². The van der Waals surface area contributed by atoms with E-state index in [4.69, 9.17) is 23.7 Å². The third kappa shape index (κ3) is 5.98. The van der Waals surface area contributed by atoms with Gasteiger partial charge in [-0.1, -0.05) is 0 Å². The smallest absolute Gasteiger partial charge is 0.410 e. The predicted octanol–water partition coefficient (Wildman–Crippen LogP) is 0.553. The van der Waals surface area contributed by atoms with E-state index < -0.39 is 24.1 Å². The Hall–Kier alpha value is -4.68. The Morgan fingerprint density at radius 3 is 2.62 bits per heavy atom. The Bertz CT molecular complexity index is 1320. The van der Waals surface area contributed by atoms with E-state index in [0.29, 0.717) is 23.8 Å². The van der Waals surface area contributed by atoms with E-state index in [2.05, 4.69) is 10.6 Å². The van der Waals surface area contributed by atoms with Crippen LogP contribution in [0.4, 0.5) is 4.79 Å². The lowest BCUT2D eigenvalue weighted by molar-refractivity contribution is -0.131. The lowest BCUT2D eigenvalue weighted by Crippen LogP contribution is -2.45. The van der Waals surface area contributed by atoms with Crippen LogP contribution < -0.4 is 29.6 Å². The Balaban J connectivity index is 1.44. The molecule has 0 aliphatic carbocycles. The fourth-order valence-corrected chi connectivity index (χ4v) is 4.74. The first-order valence-corrected chi connectivity index (χ1v) is 12.8. The largest absolute Gasteiger partial charge is 0.497 e. The second kappa shape index (κ2) is 11.6. The molecule has 40 heavy (non-hydrogen) atoms. The number of hydrogen-bond donors (Lipinski definition) is 2. The summed E-state index contributed by atoms with van der Waals surface area (Å²) in [6, 6.07) is 9.24. The number of ether oxygens (including phenoxy) is 5. The molecule has 13 heteroatoms. The minimum absolute atomic E-state index is 0.128. The summed E-state index contributed by atoms with van der Waals surface area (Å²) in [6.45, 7) is 0.720. The Kier molecular flexibility index (Phi) is 7.80. The van der Waals surface area contributed by atoms with Crippen molar-refractivity contribution in [2.45, 2.75) is 18.7 Å². The monoisotopic (exact) mass is 554 g/mol. The fraction of sp³-hybridized carbons (Fsp3) is 0.407. The van der Waals surface area contributed by atoms with Crippen molar-refractivity contribution in [3.63, 3.8) is 0 Å². The highest BCUT2D eigenvalue weighted by molar-refractivity contribution is 5.95. The summed E-state index contributed by atoms with van der Waals surface area (Å²) in [6.07, 6.45) is -1.14. The van der Waals surface area contributed by atoms with Crippen LogP contribution in [0.25, 0.3) is 0 Å². The molecule has 2 atom stereocenters. The molecule has 4 aliphatic heterocycles. The van der Waals surface area contributed by atoms with Gasteiger partial charge in [-0.05, 0) is 24.3 Å². The number of benzene rings is 2. The molecule has 4 amide bonds. The first kappa shape index (κ1) is 26.9. The van der Waals surface area contributed by atoms with Crippen LogP contribution in [-0.2, 0) is 20.9 Å². The van der Waals surface area contributed by atoms with E-state index in [9.17, 15) is 19.2 Å². The number of cyclic esters (lactones) is 1. The van der Waals surface area contributed by atoms with Crippen LogP contribution in [0.3, 0.4) is 0 Å². The van der Waals surface area contributed by atoms with E-state index in [1.807, 2.05) is 0 Å². The van der Waals surface area contributed by atoms with Crippen molar-refractivity contribution in [1.82, 2.24) is 20.4 Å². The molecule has 2 aromatic carbocycles. The molecule has 0 saturated carbocycles. The lowest BCUT2D eigenvalue weighted by Gasteiger charge is -2.22. The zero-order chi connectivity index (χ0) is 28.2. The molecule has 0 unspecified atom stereocenters. The maximum atomic E-state index is 13.4. The number of likely N-dealkylation sites (tertiary alicyclic amines) is 1. The highest BCUT2D eigenvalue weighted by Gasteiger charge is 2.39. The molecule has 0 spiro atoms. The van der Waals surface area contributed by atoms with Crippen LogP contribution >= 0.6 is 0 Å². The Morgan fingerprint density at radius 1 is 1.02 bits per heavy atom. The van der Waals surface area contributed by atoms with E-state index in [0.717, 1.165) is 5.56 Å². The molecule has 0 aromatic heterocycles. The van der Waals surface area contributed by atoms with E-state index in [-0.39, 0.29) is 62.5 Å². The number of nitrogens with one attached hydrogen (secondary N) is 2. The van der Waals surface area contributed by atoms with Gasteiger partial charge in [-0.3, -0.25) is 19.3 Å². The van der Waals surface area contributed by atoms with Gasteiger partial charge in [0.05, 0.1) is 33.4 Å². The van der Waals surface area contributed by atoms with Crippen LogP contribution in [0.5, 0.6) is 23.0 Å². The summed E-state index contributed by atoms with van der Waals surface area (Å²) in [5.41, 5.74) is 0.967. The molecule has 212 valence electrons. The minimum Gasteiger partial charge on any atom is -0.497 e. The van der Waals surface area contributed by atoms with Gasteiger partial charge in [0.1, 0.15) is 42.3 Å². The van der Waals surface area contributed by atoms with Gasteiger partial charge in [0, 0.05) is 36.3 Å². The molecular weight excluding hydrogens is 524 g/mol. The van der Waals surface area contributed by atoms with Crippen molar-refractivity contribution < 1.29 is 42.9 Å². The number of rotatable bonds is 4. The number of carbonyl (C=O) groups is 4. The van der Waals surface area contributed by atoms with Gasteiger partial charge in [0.25, 0.3) is 11.8 Å². The standard InChI is InChI=1S/C27H30N4O9/c1-36-19-7-17-8-20(9-19)39-15-24(32)28-11-16-3-4-18(10-22(16)37-2)40-23-13-31(12-21(23)29-26(17)34)25(33)14-30-5-6-38-27(30)35/h3-4,7-10,21,23H,5-6,11-15H2,1-2H3,(H,28,32)(H,29,34)/t21-,23-/m0/s1. The van der Waals surface area contributed by atoms with E-state index in [1.165, 1.54) is 25.2 Å². The van der Waals surface area contributed by atoms with Crippen LogP contribution in [0, 0.1) is 0 Å². The van der Waals surface area contributed by atoms with Crippen molar-refractivity contribution in [1.29, 1.82) is 0 Å². The topological polar surface area (TPSA) is 145 Å². The van der Waals surface area contributed by atoms with Crippen molar-refractivity contribution in [3.05, 3.63) is 47.5 Å². The predicted molar refractivity (Wildman–Crippen MR) is 139 cm³/mol. The highest BCUT2D eigenvalue weighted by Crippen LogP contribution is 2.28. The summed E-state index contributed by atoms with van der Waals surface area (Å²) in [5, 5.41) is 5.75. The molecule has 4 bridgehead atoms. The van der Waals surface area contributed by atoms with Gasteiger partial charge < -0.3 is 39.2 Å². The fourth-order valence-electron chi connectivity index (χ4n) is 4.74. The zero-order valence-corrected chi connectivity index (χ0v) is 22.1. The molecule has 2 saturated heterocycles. The number of hydrogen-bond acceptors (Lipinski definition) is 9. The quantitative estimate of drug-likeness (QED) is 0.554. The number of methoxy groups -OCH3 is 2. The number of amides is 4. The molecule has 2 aromatic rings. The third-order valence-electron chi connectivity index (χ3n) is 6.88. The van der Waals surface area contributed by atoms with Crippen molar-refractivity contribution in [3.8, 4) is 23.0 Å². The van der Waals surface area contributed by atoms with Gasteiger partial charge >= 0.3 is 6.09 Å². The molecule has 4 heterocycles. The SMILES string of the molecule is COc1cc2cc(c1)C(=O)N[C@H]1CN(C(=O)CN3CCOC3=O)C[C@@H]1Oc1ccc(c(OC)c1)CNC(=O)CO2. The molecule has 13 nitrogen and oxygen atoms in total. The second-order valence-electron chi connectivity index (χ2n) is 9.51. The maximum absolute atomic E-state index is 13.4. The average molecular weight is 555 g/mol. The summed E-state index contributed by atoms with van der Waals surface area (Å²) < 4.78 is 27.7. The van der Waals surface area contributed by atoms with E-state index in [1.54, 1.807) is 35.2 Å². The first-order chi connectivity index (χ1) is 19.3. The molecule has 4 aliphatic rings. The van der Waals surface area contributed by atoms with Gasteiger partial charge in [0.2, 0.25) is 5.91 Å². The van der Waals surface area contributed by atoms with Gasteiger partial charge in [-0.15, -0.1) is 0 Å².